The summed E-state index contributed by atoms with van der Waals surface area (Å²) in [6.07, 6.45) is 3.92. The van der Waals surface area contributed by atoms with Crippen LogP contribution in [0.15, 0.2) is 18.2 Å². The van der Waals surface area contributed by atoms with Crippen LogP contribution < -0.4 is 5.32 Å². The molecule has 0 bridgehead atoms. The first kappa shape index (κ1) is 15.7. The van der Waals surface area contributed by atoms with Crippen molar-refractivity contribution in [2.24, 2.45) is 5.41 Å². The molecular formula is C17H27NO. The highest BCUT2D eigenvalue weighted by molar-refractivity contribution is 5.92. The summed E-state index contributed by atoms with van der Waals surface area (Å²) >= 11 is 0. The topological polar surface area (TPSA) is 29.1 Å². The fourth-order valence-corrected chi connectivity index (χ4v) is 2.18. The third-order valence-corrected chi connectivity index (χ3v) is 3.16. The summed E-state index contributed by atoms with van der Waals surface area (Å²) in [5.74, 6) is 0.107. The second-order valence-corrected chi connectivity index (χ2v) is 6.49. The lowest BCUT2D eigenvalue weighted by Gasteiger charge is -2.19. The summed E-state index contributed by atoms with van der Waals surface area (Å²) in [5, 5.41) is 3.08. The quantitative estimate of drug-likeness (QED) is 0.817. The molecule has 2 heteroatoms. The Morgan fingerprint density at radius 2 is 1.95 bits per heavy atom. The van der Waals surface area contributed by atoms with Gasteiger partial charge in [-0.25, -0.2) is 0 Å². The minimum absolute atomic E-state index is 0.0253. The van der Waals surface area contributed by atoms with E-state index in [0.29, 0.717) is 6.42 Å². The summed E-state index contributed by atoms with van der Waals surface area (Å²) in [6, 6.07) is 6.14. The molecule has 1 aromatic rings. The maximum absolute atomic E-state index is 12.1. The van der Waals surface area contributed by atoms with Crippen LogP contribution in [0.1, 0.15) is 58.1 Å². The molecule has 0 fully saturated rings. The van der Waals surface area contributed by atoms with Gasteiger partial charge in [0.1, 0.15) is 0 Å². The molecule has 0 atom stereocenters. The number of aryl methyl sites for hydroxylation is 1. The van der Waals surface area contributed by atoms with Crippen molar-refractivity contribution in [2.45, 2.75) is 60.3 Å². The molecule has 0 aliphatic carbocycles. The third kappa shape index (κ3) is 5.46. The van der Waals surface area contributed by atoms with E-state index in [2.05, 4.69) is 46.0 Å². The number of amides is 1. The number of unbranched alkanes of at least 4 members (excludes halogenated alkanes) is 1. The second-order valence-electron chi connectivity index (χ2n) is 6.49. The molecule has 106 valence electrons. The first-order chi connectivity index (χ1) is 8.83. The van der Waals surface area contributed by atoms with Gasteiger partial charge in [-0.05, 0) is 42.4 Å². The van der Waals surface area contributed by atoms with Gasteiger partial charge >= 0.3 is 0 Å². The highest BCUT2D eigenvalue weighted by Gasteiger charge is 2.17. The largest absolute Gasteiger partial charge is 0.326 e. The van der Waals surface area contributed by atoms with Crippen LogP contribution in [-0.4, -0.2) is 5.91 Å². The first-order valence-electron chi connectivity index (χ1n) is 7.22. The van der Waals surface area contributed by atoms with Crippen molar-refractivity contribution in [1.82, 2.24) is 0 Å². The van der Waals surface area contributed by atoms with Crippen LogP contribution in [0.25, 0.3) is 0 Å². The predicted octanol–water partition coefficient (Wildman–Crippen LogP) is 4.71. The summed E-state index contributed by atoms with van der Waals surface area (Å²) in [5.41, 5.74) is 3.56. The van der Waals surface area contributed by atoms with Crippen LogP contribution in [0, 0.1) is 12.3 Å². The Bertz CT molecular complexity index is 429. The normalized spacial score (nSPS) is 11.4. The van der Waals surface area contributed by atoms with E-state index >= 15 is 0 Å². The summed E-state index contributed by atoms with van der Waals surface area (Å²) < 4.78 is 0. The van der Waals surface area contributed by atoms with Crippen LogP contribution in [0.3, 0.4) is 0 Å². The molecule has 1 aromatic carbocycles. The van der Waals surface area contributed by atoms with Gasteiger partial charge in [0.05, 0.1) is 0 Å². The Balaban J connectivity index is 2.82. The Morgan fingerprint density at radius 3 is 2.53 bits per heavy atom. The number of hydrogen-bond donors (Lipinski definition) is 1. The average molecular weight is 261 g/mol. The van der Waals surface area contributed by atoms with Gasteiger partial charge in [0, 0.05) is 12.1 Å². The molecule has 0 saturated heterocycles. The smallest absolute Gasteiger partial charge is 0.224 e. The summed E-state index contributed by atoms with van der Waals surface area (Å²) in [4.78, 5) is 12.1. The van der Waals surface area contributed by atoms with Gasteiger partial charge in [-0.15, -0.1) is 0 Å². The van der Waals surface area contributed by atoms with Crippen molar-refractivity contribution in [2.75, 3.05) is 5.32 Å². The van der Waals surface area contributed by atoms with Crippen LogP contribution in [0.4, 0.5) is 5.69 Å². The third-order valence-electron chi connectivity index (χ3n) is 3.16. The minimum atomic E-state index is 0.0253. The first-order valence-corrected chi connectivity index (χ1v) is 7.22. The Kier molecular flexibility index (Phi) is 5.59. The van der Waals surface area contributed by atoms with E-state index in [-0.39, 0.29) is 11.3 Å². The number of carbonyl (C=O) groups is 1. The average Bonchev–Trinajstić information content (AvgIpc) is 2.25. The molecule has 1 rings (SSSR count). The van der Waals surface area contributed by atoms with Gasteiger partial charge in [-0.1, -0.05) is 46.2 Å². The number of anilines is 1. The molecule has 19 heavy (non-hydrogen) atoms. The molecule has 0 saturated carbocycles. The lowest BCUT2D eigenvalue weighted by molar-refractivity contribution is -0.117. The van der Waals surface area contributed by atoms with Crippen LogP contribution >= 0.6 is 0 Å². The van der Waals surface area contributed by atoms with Crippen molar-refractivity contribution in [1.29, 1.82) is 0 Å². The van der Waals surface area contributed by atoms with Gasteiger partial charge < -0.3 is 5.32 Å². The van der Waals surface area contributed by atoms with Crippen molar-refractivity contribution in [3.63, 3.8) is 0 Å². The number of carbonyl (C=O) groups excluding carboxylic acids is 1. The maximum atomic E-state index is 12.1. The lowest BCUT2D eigenvalue weighted by Crippen LogP contribution is -2.20. The molecule has 0 spiro atoms. The van der Waals surface area contributed by atoms with Crippen LogP contribution in [-0.2, 0) is 11.2 Å². The van der Waals surface area contributed by atoms with Gasteiger partial charge in [0.25, 0.3) is 0 Å². The van der Waals surface area contributed by atoms with Gasteiger partial charge in [-0.2, -0.15) is 0 Å². The van der Waals surface area contributed by atoms with Crippen LogP contribution in [0.5, 0.6) is 0 Å². The van der Waals surface area contributed by atoms with E-state index in [4.69, 9.17) is 0 Å². The standard InChI is InChI=1S/C17H27NO/c1-6-7-10-14-13(2)9-8-11-15(14)18-16(19)12-17(3,4)5/h8-9,11H,6-7,10,12H2,1-5H3,(H,18,19). The van der Waals surface area contributed by atoms with Crippen LogP contribution in [0.2, 0.25) is 0 Å². The second kappa shape index (κ2) is 6.74. The number of benzene rings is 1. The maximum Gasteiger partial charge on any atom is 0.224 e. The van der Waals surface area contributed by atoms with Crippen molar-refractivity contribution in [3.05, 3.63) is 29.3 Å². The van der Waals surface area contributed by atoms with E-state index in [0.717, 1.165) is 18.5 Å². The molecule has 2 nitrogen and oxygen atoms in total. The van der Waals surface area contributed by atoms with Gasteiger partial charge in [-0.3, -0.25) is 4.79 Å². The molecule has 0 radical (unpaired) electrons. The summed E-state index contributed by atoms with van der Waals surface area (Å²) in [7, 11) is 0. The Hall–Kier alpha value is -1.31. The predicted molar refractivity (Wildman–Crippen MR) is 82.5 cm³/mol. The molecule has 0 unspecified atom stereocenters. The fourth-order valence-electron chi connectivity index (χ4n) is 2.18. The minimum Gasteiger partial charge on any atom is -0.326 e. The highest BCUT2D eigenvalue weighted by Crippen LogP contribution is 2.24. The van der Waals surface area contributed by atoms with Crippen molar-refractivity contribution >= 4 is 11.6 Å². The van der Waals surface area contributed by atoms with Gasteiger partial charge in [0.15, 0.2) is 0 Å². The molecule has 1 N–H and O–H groups in total. The molecule has 1 amide bonds. The molecular weight excluding hydrogens is 234 g/mol. The van der Waals surface area contributed by atoms with E-state index in [1.165, 1.54) is 17.5 Å². The Morgan fingerprint density at radius 1 is 1.26 bits per heavy atom. The zero-order valence-corrected chi connectivity index (χ0v) is 13.0. The van der Waals surface area contributed by atoms with E-state index in [1.807, 2.05) is 12.1 Å². The van der Waals surface area contributed by atoms with E-state index in [9.17, 15) is 4.79 Å². The van der Waals surface area contributed by atoms with Gasteiger partial charge in [0.2, 0.25) is 5.91 Å². The van der Waals surface area contributed by atoms with E-state index in [1.54, 1.807) is 0 Å². The molecule has 0 aromatic heterocycles. The number of nitrogens with one attached hydrogen (secondary N) is 1. The molecule has 0 aliphatic rings. The molecule has 0 heterocycles. The zero-order valence-electron chi connectivity index (χ0n) is 13.0. The highest BCUT2D eigenvalue weighted by atomic mass is 16.1. The Labute approximate surface area is 117 Å². The zero-order chi connectivity index (χ0) is 14.5. The SMILES string of the molecule is CCCCc1c(C)cccc1NC(=O)CC(C)(C)C. The van der Waals surface area contributed by atoms with Crippen molar-refractivity contribution < 1.29 is 4.79 Å². The van der Waals surface area contributed by atoms with E-state index < -0.39 is 0 Å². The monoisotopic (exact) mass is 261 g/mol. The molecule has 0 aliphatic heterocycles. The number of rotatable bonds is 5. The summed E-state index contributed by atoms with van der Waals surface area (Å²) in [6.45, 7) is 10.6. The number of hydrogen-bond acceptors (Lipinski definition) is 1. The fraction of sp³-hybridized carbons (Fsp3) is 0.588. The lowest BCUT2D eigenvalue weighted by atomic mass is 9.91. The van der Waals surface area contributed by atoms with Crippen molar-refractivity contribution in [3.8, 4) is 0 Å².